The molecule has 0 spiro atoms. The number of nitrogens with zero attached hydrogens (tertiary/aromatic N) is 6. The lowest BCUT2D eigenvalue weighted by Gasteiger charge is -2.19. The Morgan fingerprint density at radius 1 is 1.12 bits per heavy atom. The SMILES string of the molecule is Fc1cccc(CCNc2nccc(-c3ncc(N4CC5C(C4)C5c4cn[nH]n4)[nH]3)n2)c1. The topological polar surface area (TPSA) is 111 Å². The van der Waals surface area contributed by atoms with Crippen LogP contribution in [0.3, 0.4) is 0 Å². The van der Waals surface area contributed by atoms with Crippen molar-refractivity contribution in [1.82, 2.24) is 35.3 Å². The second kappa shape index (κ2) is 7.70. The fourth-order valence-electron chi connectivity index (χ4n) is 4.72. The number of hydrogen-bond donors (Lipinski definition) is 3. The summed E-state index contributed by atoms with van der Waals surface area (Å²) < 4.78 is 13.3. The maximum Gasteiger partial charge on any atom is 0.223 e. The third-order valence-electron chi connectivity index (χ3n) is 6.36. The van der Waals surface area contributed by atoms with Gasteiger partial charge in [0.2, 0.25) is 5.95 Å². The first-order valence-corrected chi connectivity index (χ1v) is 10.7. The van der Waals surface area contributed by atoms with Crippen molar-refractivity contribution in [3.05, 3.63) is 66.0 Å². The number of anilines is 2. The van der Waals surface area contributed by atoms with E-state index in [9.17, 15) is 4.39 Å². The molecule has 3 N–H and O–H groups in total. The number of aromatic nitrogens is 7. The van der Waals surface area contributed by atoms with Crippen molar-refractivity contribution >= 4 is 11.8 Å². The molecule has 0 radical (unpaired) electrons. The van der Waals surface area contributed by atoms with Crippen molar-refractivity contribution in [1.29, 1.82) is 0 Å². The number of rotatable bonds is 7. The molecule has 162 valence electrons. The fourth-order valence-corrected chi connectivity index (χ4v) is 4.72. The van der Waals surface area contributed by atoms with Crippen LogP contribution in [-0.4, -0.2) is 55.0 Å². The summed E-state index contributed by atoms with van der Waals surface area (Å²) in [6, 6.07) is 8.45. The molecule has 2 atom stereocenters. The highest BCUT2D eigenvalue weighted by Gasteiger charge is 2.57. The number of benzene rings is 1. The summed E-state index contributed by atoms with van der Waals surface area (Å²) >= 11 is 0. The molecule has 2 unspecified atom stereocenters. The van der Waals surface area contributed by atoms with Crippen molar-refractivity contribution in [2.75, 3.05) is 29.9 Å². The van der Waals surface area contributed by atoms with E-state index in [4.69, 9.17) is 0 Å². The van der Waals surface area contributed by atoms with Crippen LogP contribution in [-0.2, 0) is 6.42 Å². The maximum atomic E-state index is 13.3. The Labute approximate surface area is 183 Å². The third kappa shape index (κ3) is 3.57. The smallest absolute Gasteiger partial charge is 0.223 e. The summed E-state index contributed by atoms with van der Waals surface area (Å²) in [5, 5.41) is 14.1. The van der Waals surface area contributed by atoms with Gasteiger partial charge in [0.15, 0.2) is 5.82 Å². The Kier molecular flexibility index (Phi) is 4.55. The molecule has 1 saturated heterocycles. The summed E-state index contributed by atoms with van der Waals surface area (Å²) in [5.74, 6) is 3.79. The van der Waals surface area contributed by atoms with Gasteiger partial charge >= 0.3 is 0 Å². The number of nitrogens with one attached hydrogen (secondary N) is 3. The molecule has 4 aromatic rings. The number of H-pyrrole nitrogens is 2. The normalized spacial score (nSPS) is 21.5. The summed E-state index contributed by atoms with van der Waals surface area (Å²) in [7, 11) is 0. The van der Waals surface area contributed by atoms with Crippen molar-refractivity contribution in [3.63, 3.8) is 0 Å². The Bertz CT molecular complexity index is 1210. The molecule has 2 fully saturated rings. The van der Waals surface area contributed by atoms with Crippen LogP contribution in [0.4, 0.5) is 16.2 Å². The number of imidazole rings is 1. The first kappa shape index (κ1) is 18.9. The van der Waals surface area contributed by atoms with E-state index in [2.05, 4.69) is 45.6 Å². The molecule has 1 aliphatic heterocycles. The molecule has 2 aliphatic rings. The zero-order valence-electron chi connectivity index (χ0n) is 17.2. The maximum absolute atomic E-state index is 13.3. The van der Waals surface area contributed by atoms with Gasteiger partial charge in [0.25, 0.3) is 0 Å². The minimum atomic E-state index is -0.224. The van der Waals surface area contributed by atoms with Crippen LogP contribution in [0.5, 0.6) is 0 Å². The molecule has 6 rings (SSSR count). The molecular formula is C22H22FN9. The first-order chi connectivity index (χ1) is 15.7. The van der Waals surface area contributed by atoms with E-state index in [1.807, 2.05) is 24.5 Å². The van der Waals surface area contributed by atoms with Crippen molar-refractivity contribution in [2.45, 2.75) is 12.3 Å². The van der Waals surface area contributed by atoms with E-state index in [-0.39, 0.29) is 5.82 Å². The molecule has 1 saturated carbocycles. The standard InChI is InChI=1S/C22H22FN9/c23-14-3-1-2-13(8-14)4-6-24-22-25-7-5-17(28-22)21-26-10-19(29-21)32-11-15-16(12-32)20(15)18-9-27-31-30-18/h1-3,5,7-10,15-16,20H,4,6,11-12H2,(H,26,29)(H,24,25,28)(H,27,30,31). The molecule has 3 aromatic heterocycles. The summed E-state index contributed by atoms with van der Waals surface area (Å²) in [6.07, 6.45) is 6.09. The van der Waals surface area contributed by atoms with Crippen molar-refractivity contribution in [2.24, 2.45) is 11.8 Å². The Morgan fingerprint density at radius 2 is 2.03 bits per heavy atom. The van der Waals surface area contributed by atoms with E-state index in [1.165, 1.54) is 6.07 Å². The van der Waals surface area contributed by atoms with Gasteiger partial charge in [-0.1, -0.05) is 12.1 Å². The fraction of sp³-hybridized carbons (Fsp3) is 0.318. The lowest BCUT2D eigenvalue weighted by Crippen LogP contribution is -2.23. The predicted molar refractivity (Wildman–Crippen MR) is 117 cm³/mol. The summed E-state index contributed by atoms with van der Waals surface area (Å²) in [6.45, 7) is 2.58. The second-order valence-corrected chi connectivity index (χ2v) is 8.34. The lowest BCUT2D eigenvalue weighted by atomic mass is 10.1. The Morgan fingerprint density at radius 3 is 2.84 bits per heavy atom. The van der Waals surface area contributed by atoms with Gasteiger partial charge in [-0.3, -0.25) is 0 Å². The van der Waals surface area contributed by atoms with Crippen molar-refractivity contribution < 1.29 is 4.39 Å². The number of hydrogen-bond acceptors (Lipinski definition) is 7. The monoisotopic (exact) mass is 431 g/mol. The predicted octanol–water partition coefficient (Wildman–Crippen LogP) is 2.63. The minimum Gasteiger partial charge on any atom is -0.356 e. The zero-order chi connectivity index (χ0) is 21.5. The average Bonchev–Trinajstić information content (AvgIpc) is 3.34. The second-order valence-electron chi connectivity index (χ2n) is 8.34. The molecule has 32 heavy (non-hydrogen) atoms. The highest BCUT2D eigenvalue weighted by atomic mass is 19.1. The van der Waals surface area contributed by atoms with Gasteiger partial charge < -0.3 is 15.2 Å². The zero-order valence-corrected chi connectivity index (χ0v) is 17.2. The van der Waals surface area contributed by atoms with Crippen LogP contribution >= 0.6 is 0 Å². The number of fused-ring (bicyclic) bond motifs is 1. The first-order valence-electron chi connectivity index (χ1n) is 10.7. The van der Waals surface area contributed by atoms with Crippen LogP contribution in [0.2, 0.25) is 0 Å². The number of halogens is 1. The molecular weight excluding hydrogens is 409 g/mol. The average molecular weight is 431 g/mol. The van der Waals surface area contributed by atoms with Crippen LogP contribution < -0.4 is 10.2 Å². The number of piperidine rings is 1. The van der Waals surface area contributed by atoms with E-state index in [0.29, 0.717) is 42.5 Å². The quantitative estimate of drug-likeness (QED) is 0.412. The van der Waals surface area contributed by atoms with E-state index in [0.717, 1.165) is 35.9 Å². The van der Waals surface area contributed by atoms with E-state index in [1.54, 1.807) is 18.3 Å². The molecule has 1 aromatic carbocycles. The minimum absolute atomic E-state index is 0.224. The highest BCUT2D eigenvalue weighted by molar-refractivity contribution is 5.56. The number of aromatic amines is 2. The van der Waals surface area contributed by atoms with Gasteiger partial charge in [-0.05, 0) is 42.0 Å². The van der Waals surface area contributed by atoms with E-state index >= 15 is 0 Å². The van der Waals surface area contributed by atoms with Crippen LogP contribution in [0, 0.1) is 17.7 Å². The largest absolute Gasteiger partial charge is 0.356 e. The molecule has 10 heteroatoms. The van der Waals surface area contributed by atoms with Crippen molar-refractivity contribution in [3.8, 4) is 11.5 Å². The summed E-state index contributed by atoms with van der Waals surface area (Å²) in [5.41, 5.74) is 2.73. The van der Waals surface area contributed by atoms with Gasteiger partial charge in [-0.2, -0.15) is 15.4 Å². The lowest BCUT2D eigenvalue weighted by molar-refractivity contribution is 0.625. The van der Waals surface area contributed by atoms with Gasteiger partial charge in [-0.25, -0.2) is 19.3 Å². The molecule has 4 heterocycles. The van der Waals surface area contributed by atoms with Gasteiger partial charge in [0.05, 0.1) is 18.1 Å². The summed E-state index contributed by atoms with van der Waals surface area (Å²) in [4.78, 5) is 19.1. The molecule has 0 bridgehead atoms. The van der Waals surface area contributed by atoms with Gasteiger partial charge in [-0.15, -0.1) is 0 Å². The van der Waals surface area contributed by atoms with Gasteiger partial charge in [0, 0.05) is 31.7 Å². The molecule has 1 aliphatic carbocycles. The van der Waals surface area contributed by atoms with Gasteiger partial charge in [0.1, 0.15) is 17.3 Å². The van der Waals surface area contributed by atoms with Crippen LogP contribution in [0.25, 0.3) is 11.5 Å². The third-order valence-corrected chi connectivity index (χ3v) is 6.36. The van der Waals surface area contributed by atoms with E-state index < -0.39 is 0 Å². The van der Waals surface area contributed by atoms with Crippen LogP contribution in [0.15, 0.2) is 48.9 Å². The van der Waals surface area contributed by atoms with Crippen LogP contribution in [0.1, 0.15) is 17.2 Å². The molecule has 9 nitrogen and oxygen atoms in total. The Hall–Kier alpha value is -3.82. The highest BCUT2D eigenvalue weighted by Crippen LogP contribution is 2.57. The Balaban J connectivity index is 1.08. The molecule has 0 amide bonds.